The maximum Gasteiger partial charge on any atom is 0.251 e. The number of aliphatic hydroxyl groups excluding tert-OH is 2. The summed E-state index contributed by atoms with van der Waals surface area (Å²) in [6.45, 7) is -0.648. The average Bonchev–Trinajstić information content (AvgIpc) is 3.16. The third-order valence-corrected chi connectivity index (χ3v) is 5.34. The van der Waals surface area contributed by atoms with E-state index in [1.54, 1.807) is 36.1 Å². The molecule has 3 N–H and O–H groups in total. The van der Waals surface area contributed by atoms with Crippen molar-refractivity contribution in [1.29, 1.82) is 0 Å². The number of nitrogens with one attached hydrogen (secondary N) is 1. The minimum Gasteiger partial charge on any atom is -0.394 e. The quantitative estimate of drug-likeness (QED) is 0.380. The maximum absolute atomic E-state index is 13.9. The molecule has 0 bridgehead atoms. The first-order chi connectivity index (χ1) is 15.9. The van der Waals surface area contributed by atoms with Gasteiger partial charge in [-0.25, -0.2) is 14.4 Å². The van der Waals surface area contributed by atoms with E-state index in [-0.39, 0.29) is 17.6 Å². The van der Waals surface area contributed by atoms with Crippen LogP contribution < -0.4 is 10.9 Å². The van der Waals surface area contributed by atoms with Crippen molar-refractivity contribution < 1.29 is 14.6 Å². The zero-order valence-electron chi connectivity index (χ0n) is 17.5. The van der Waals surface area contributed by atoms with Gasteiger partial charge in [-0.2, -0.15) is 5.10 Å². The second kappa shape index (κ2) is 9.49. The monoisotopic (exact) mass is 470 g/mol. The van der Waals surface area contributed by atoms with Crippen LogP contribution in [0.15, 0.2) is 59.8 Å². The molecule has 3 heterocycles. The number of pyridine rings is 1. The maximum atomic E-state index is 13.9. The van der Waals surface area contributed by atoms with Crippen LogP contribution in [0.2, 0.25) is 5.02 Å². The van der Waals surface area contributed by atoms with Crippen molar-refractivity contribution in [3.05, 3.63) is 87.4 Å². The Hall–Kier alpha value is -3.60. The molecule has 0 fully saturated rings. The summed E-state index contributed by atoms with van der Waals surface area (Å²) in [7, 11) is 1.73. The Balaban J connectivity index is 1.63. The second-order valence-electron chi connectivity index (χ2n) is 7.24. The van der Waals surface area contributed by atoms with Gasteiger partial charge in [-0.3, -0.25) is 9.48 Å². The van der Waals surface area contributed by atoms with Gasteiger partial charge in [0.05, 0.1) is 35.7 Å². The number of aromatic nitrogens is 5. The summed E-state index contributed by atoms with van der Waals surface area (Å²) in [5.41, 5.74) is 2.05. The van der Waals surface area contributed by atoms with Crippen molar-refractivity contribution in [2.45, 2.75) is 12.6 Å². The number of hydrogen-bond donors (Lipinski definition) is 3. The molecule has 1 aromatic carbocycles. The van der Waals surface area contributed by atoms with E-state index >= 15 is 0 Å². The summed E-state index contributed by atoms with van der Waals surface area (Å²) in [6.07, 6.45) is 4.75. The van der Waals surface area contributed by atoms with Gasteiger partial charge in [0.2, 0.25) is 5.95 Å². The van der Waals surface area contributed by atoms with E-state index in [2.05, 4.69) is 20.4 Å². The number of anilines is 2. The summed E-state index contributed by atoms with van der Waals surface area (Å²) >= 11 is 5.74. The minimum atomic E-state index is -0.775. The molecule has 9 nitrogen and oxygen atoms in total. The van der Waals surface area contributed by atoms with Crippen molar-refractivity contribution in [1.82, 2.24) is 24.3 Å². The van der Waals surface area contributed by atoms with Crippen LogP contribution in [0, 0.1) is 5.82 Å². The Morgan fingerprint density at radius 2 is 2.03 bits per heavy atom. The van der Waals surface area contributed by atoms with Gasteiger partial charge in [-0.15, -0.1) is 0 Å². The Bertz CT molecular complexity index is 1360. The largest absolute Gasteiger partial charge is 0.394 e. The molecule has 4 aromatic rings. The van der Waals surface area contributed by atoms with Gasteiger partial charge in [-0.1, -0.05) is 17.7 Å². The zero-order valence-corrected chi connectivity index (χ0v) is 18.2. The molecule has 0 saturated heterocycles. The third kappa shape index (κ3) is 4.77. The molecule has 33 heavy (non-hydrogen) atoms. The number of rotatable bonds is 7. The van der Waals surface area contributed by atoms with Crippen molar-refractivity contribution in [3.63, 3.8) is 0 Å². The molecule has 4 rings (SSSR count). The SMILES string of the molecule is Cn1cc(Nc2nccc(-c3ccn(C(CO)c4ccc(Cl)c(F)c4)c(=O)c3)n2)c(CO)n1. The Morgan fingerprint density at radius 3 is 2.73 bits per heavy atom. The molecule has 3 aromatic heterocycles. The van der Waals surface area contributed by atoms with Gasteiger partial charge < -0.3 is 20.1 Å². The van der Waals surface area contributed by atoms with Gasteiger partial charge in [0.1, 0.15) is 11.5 Å². The fourth-order valence-corrected chi connectivity index (χ4v) is 3.55. The van der Waals surface area contributed by atoms with Crippen LogP contribution in [0.3, 0.4) is 0 Å². The molecule has 170 valence electrons. The first-order valence-electron chi connectivity index (χ1n) is 9.91. The van der Waals surface area contributed by atoms with Crippen LogP contribution >= 0.6 is 11.6 Å². The van der Waals surface area contributed by atoms with Crippen LogP contribution in [0.4, 0.5) is 16.0 Å². The second-order valence-corrected chi connectivity index (χ2v) is 7.65. The minimum absolute atomic E-state index is 0.0382. The molecule has 0 aliphatic rings. The molecule has 0 radical (unpaired) electrons. The van der Waals surface area contributed by atoms with Crippen molar-refractivity contribution in [3.8, 4) is 11.3 Å². The molecule has 0 spiro atoms. The van der Waals surface area contributed by atoms with Crippen LogP contribution in [0.5, 0.6) is 0 Å². The van der Waals surface area contributed by atoms with E-state index in [4.69, 9.17) is 11.6 Å². The number of hydrogen-bond acceptors (Lipinski definition) is 7. The molecule has 1 atom stereocenters. The predicted molar refractivity (Wildman–Crippen MR) is 121 cm³/mol. The first-order valence-corrected chi connectivity index (χ1v) is 10.3. The van der Waals surface area contributed by atoms with E-state index in [1.807, 2.05) is 0 Å². The van der Waals surface area contributed by atoms with Crippen LogP contribution in [0.25, 0.3) is 11.3 Å². The lowest BCUT2D eigenvalue weighted by Gasteiger charge is -2.18. The molecule has 0 aliphatic carbocycles. The van der Waals surface area contributed by atoms with Gasteiger partial charge in [0, 0.05) is 37.3 Å². The van der Waals surface area contributed by atoms with Crippen LogP contribution in [-0.4, -0.2) is 41.1 Å². The van der Waals surface area contributed by atoms with Gasteiger partial charge in [0.25, 0.3) is 5.56 Å². The lowest BCUT2D eigenvalue weighted by Crippen LogP contribution is -2.27. The summed E-state index contributed by atoms with van der Waals surface area (Å²) in [4.78, 5) is 21.4. The fourth-order valence-electron chi connectivity index (χ4n) is 3.44. The Morgan fingerprint density at radius 1 is 1.21 bits per heavy atom. The zero-order chi connectivity index (χ0) is 23.5. The fraction of sp³-hybridized carbons (Fsp3) is 0.182. The standard InChI is InChI=1S/C22H20ClFN6O3/c1-29-10-18(19(11-31)28-29)27-22-25-6-4-17(26-22)13-5-7-30(21(33)9-13)20(12-32)14-2-3-15(23)16(24)8-14/h2-10,20,31-32H,11-12H2,1H3,(H,25,26,27). The highest BCUT2D eigenvalue weighted by Crippen LogP contribution is 2.24. The molecule has 1 unspecified atom stereocenters. The van der Waals surface area contributed by atoms with Crippen LogP contribution in [0.1, 0.15) is 17.3 Å². The van der Waals surface area contributed by atoms with E-state index < -0.39 is 24.0 Å². The smallest absolute Gasteiger partial charge is 0.251 e. The van der Waals surface area contributed by atoms with Gasteiger partial charge in [0.15, 0.2) is 0 Å². The van der Waals surface area contributed by atoms with E-state index in [0.717, 1.165) is 0 Å². The number of halogens is 2. The predicted octanol–water partition coefficient (Wildman–Crippen LogP) is 2.65. The molecular formula is C22H20ClFN6O3. The number of aryl methyl sites for hydroxylation is 1. The van der Waals surface area contributed by atoms with Gasteiger partial charge in [-0.05, 0) is 29.8 Å². The molecule has 11 heteroatoms. The topological polar surface area (TPSA) is 118 Å². The Kier molecular flexibility index (Phi) is 6.50. The van der Waals surface area contributed by atoms with Crippen molar-refractivity contribution in [2.24, 2.45) is 7.05 Å². The Labute approximate surface area is 192 Å². The van der Waals surface area contributed by atoms with E-state index in [1.165, 1.54) is 35.2 Å². The molecular weight excluding hydrogens is 451 g/mol. The summed E-state index contributed by atoms with van der Waals surface area (Å²) < 4.78 is 16.8. The highest BCUT2D eigenvalue weighted by Gasteiger charge is 2.17. The normalized spacial score (nSPS) is 12.0. The van der Waals surface area contributed by atoms with Crippen molar-refractivity contribution in [2.75, 3.05) is 11.9 Å². The molecule has 0 amide bonds. The lowest BCUT2D eigenvalue weighted by atomic mass is 10.1. The highest BCUT2D eigenvalue weighted by atomic mass is 35.5. The first kappa shape index (κ1) is 22.6. The third-order valence-electron chi connectivity index (χ3n) is 5.04. The number of benzene rings is 1. The van der Waals surface area contributed by atoms with E-state index in [0.29, 0.717) is 28.2 Å². The van der Waals surface area contributed by atoms with Crippen LogP contribution in [-0.2, 0) is 13.7 Å². The molecule has 0 aliphatic heterocycles. The van der Waals surface area contributed by atoms with Crippen molar-refractivity contribution >= 4 is 23.2 Å². The number of nitrogens with zero attached hydrogens (tertiary/aromatic N) is 5. The lowest BCUT2D eigenvalue weighted by molar-refractivity contribution is 0.247. The number of aliphatic hydroxyl groups is 2. The summed E-state index contributed by atoms with van der Waals surface area (Å²) in [5, 5.41) is 26.4. The van der Waals surface area contributed by atoms with E-state index in [9.17, 15) is 19.4 Å². The summed E-state index contributed by atoms with van der Waals surface area (Å²) in [6, 6.07) is 8.07. The van der Waals surface area contributed by atoms with Gasteiger partial charge >= 0.3 is 0 Å². The average molecular weight is 471 g/mol. The summed E-state index contributed by atoms with van der Waals surface area (Å²) in [5.74, 6) is -0.361. The molecule has 0 saturated carbocycles. The highest BCUT2D eigenvalue weighted by molar-refractivity contribution is 6.30.